The van der Waals surface area contributed by atoms with Gasteiger partial charge < -0.3 is 10.6 Å². The zero-order valence-corrected chi connectivity index (χ0v) is 10.8. The molecule has 0 atom stereocenters. The molecule has 0 aromatic carbocycles. The summed E-state index contributed by atoms with van der Waals surface area (Å²) < 4.78 is 0. The standard InChI is InChI=1S/C12H16N4S/c1-3-5-13-11-9(2)12(15-8-14-11)16-10-4-6-17-7-10/h4,6-8H,3,5H2,1-2H3,(H2,13,14,15,16). The van der Waals surface area contributed by atoms with Crippen molar-refractivity contribution < 1.29 is 0 Å². The molecule has 0 fully saturated rings. The highest BCUT2D eigenvalue weighted by molar-refractivity contribution is 7.08. The van der Waals surface area contributed by atoms with Crippen LogP contribution in [0.4, 0.5) is 17.3 Å². The van der Waals surface area contributed by atoms with E-state index >= 15 is 0 Å². The molecule has 0 saturated carbocycles. The Balaban J connectivity index is 2.17. The third-order valence-corrected chi connectivity index (χ3v) is 3.09. The van der Waals surface area contributed by atoms with Gasteiger partial charge in [-0.1, -0.05) is 6.92 Å². The maximum Gasteiger partial charge on any atom is 0.138 e. The lowest BCUT2D eigenvalue weighted by molar-refractivity contribution is 0.960. The van der Waals surface area contributed by atoms with Gasteiger partial charge in [0.2, 0.25) is 0 Å². The Morgan fingerprint density at radius 2 is 2.12 bits per heavy atom. The quantitative estimate of drug-likeness (QED) is 0.851. The fourth-order valence-corrected chi connectivity index (χ4v) is 2.06. The predicted octanol–water partition coefficient (Wildman–Crippen LogP) is 3.41. The highest BCUT2D eigenvalue weighted by atomic mass is 32.1. The van der Waals surface area contributed by atoms with Gasteiger partial charge in [-0.05, 0) is 24.8 Å². The van der Waals surface area contributed by atoms with E-state index in [0.717, 1.165) is 35.9 Å². The Bertz CT molecular complexity index is 467. The summed E-state index contributed by atoms with van der Waals surface area (Å²) in [6, 6.07) is 2.03. The minimum atomic E-state index is 0.858. The van der Waals surface area contributed by atoms with Crippen molar-refractivity contribution >= 4 is 28.7 Å². The monoisotopic (exact) mass is 248 g/mol. The minimum absolute atomic E-state index is 0.858. The van der Waals surface area contributed by atoms with Crippen molar-refractivity contribution in [3.8, 4) is 0 Å². The van der Waals surface area contributed by atoms with E-state index in [1.807, 2.05) is 18.4 Å². The first-order chi connectivity index (χ1) is 8.31. The van der Waals surface area contributed by atoms with Crippen LogP contribution in [0.25, 0.3) is 0 Å². The van der Waals surface area contributed by atoms with Crippen molar-refractivity contribution in [2.24, 2.45) is 0 Å². The first-order valence-corrected chi connectivity index (χ1v) is 6.60. The van der Waals surface area contributed by atoms with Crippen molar-refractivity contribution in [1.29, 1.82) is 0 Å². The summed E-state index contributed by atoms with van der Waals surface area (Å²) in [5.41, 5.74) is 2.12. The summed E-state index contributed by atoms with van der Waals surface area (Å²) in [7, 11) is 0. The van der Waals surface area contributed by atoms with Gasteiger partial charge in [-0.3, -0.25) is 0 Å². The van der Waals surface area contributed by atoms with Gasteiger partial charge in [-0.2, -0.15) is 11.3 Å². The Labute approximate surface area is 105 Å². The molecule has 0 saturated heterocycles. The first kappa shape index (κ1) is 11.9. The lowest BCUT2D eigenvalue weighted by atomic mass is 10.3. The maximum atomic E-state index is 4.26. The van der Waals surface area contributed by atoms with Gasteiger partial charge in [-0.15, -0.1) is 0 Å². The Morgan fingerprint density at radius 3 is 2.82 bits per heavy atom. The Hall–Kier alpha value is -1.62. The van der Waals surface area contributed by atoms with Crippen LogP contribution in [0.5, 0.6) is 0 Å². The van der Waals surface area contributed by atoms with Crippen LogP contribution in [-0.2, 0) is 0 Å². The average Bonchev–Trinajstić information content (AvgIpc) is 2.83. The number of hydrogen-bond donors (Lipinski definition) is 2. The molecule has 17 heavy (non-hydrogen) atoms. The van der Waals surface area contributed by atoms with Gasteiger partial charge in [0.25, 0.3) is 0 Å². The van der Waals surface area contributed by atoms with E-state index < -0.39 is 0 Å². The van der Waals surface area contributed by atoms with Crippen LogP contribution in [0.3, 0.4) is 0 Å². The number of aromatic nitrogens is 2. The van der Waals surface area contributed by atoms with Crippen LogP contribution < -0.4 is 10.6 Å². The molecule has 2 aromatic rings. The van der Waals surface area contributed by atoms with Crippen molar-refractivity contribution in [3.05, 3.63) is 28.7 Å². The van der Waals surface area contributed by atoms with Gasteiger partial charge in [0.15, 0.2) is 0 Å². The smallest absolute Gasteiger partial charge is 0.138 e. The molecule has 2 heterocycles. The second-order valence-electron chi connectivity index (χ2n) is 3.76. The van der Waals surface area contributed by atoms with E-state index in [9.17, 15) is 0 Å². The number of anilines is 3. The molecule has 2 N–H and O–H groups in total. The highest BCUT2D eigenvalue weighted by Gasteiger charge is 2.06. The third kappa shape index (κ3) is 2.94. The lowest BCUT2D eigenvalue weighted by Gasteiger charge is -2.11. The molecule has 0 aliphatic heterocycles. The second-order valence-corrected chi connectivity index (χ2v) is 4.54. The first-order valence-electron chi connectivity index (χ1n) is 5.66. The number of rotatable bonds is 5. The SMILES string of the molecule is CCCNc1ncnc(Nc2ccsc2)c1C. The predicted molar refractivity (Wildman–Crippen MR) is 73.2 cm³/mol. The average molecular weight is 248 g/mol. The Kier molecular flexibility index (Phi) is 3.93. The molecule has 2 rings (SSSR count). The van der Waals surface area contributed by atoms with E-state index in [-0.39, 0.29) is 0 Å². The van der Waals surface area contributed by atoms with Crippen molar-refractivity contribution in [1.82, 2.24) is 9.97 Å². The lowest BCUT2D eigenvalue weighted by Crippen LogP contribution is -2.06. The highest BCUT2D eigenvalue weighted by Crippen LogP contribution is 2.23. The molecule has 90 valence electrons. The fraction of sp³-hybridized carbons (Fsp3) is 0.333. The second kappa shape index (κ2) is 5.63. The van der Waals surface area contributed by atoms with Crippen LogP contribution in [0.2, 0.25) is 0 Å². The summed E-state index contributed by atoms with van der Waals surface area (Å²) in [6.07, 6.45) is 2.66. The number of hydrogen-bond acceptors (Lipinski definition) is 5. The van der Waals surface area contributed by atoms with E-state index in [4.69, 9.17) is 0 Å². The zero-order valence-electron chi connectivity index (χ0n) is 10.0. The summed E-state index contributed by atoms with van der Waals surface area (Å²) in [4.78, 5) is 8.51. The fourth-order valence-electron chi connectivity index (χ4n) is 1.47. The minimum Gasteiger partial charge on any atom is -0.370 e. The molecule has 0 amide bonds. The van der Waals surface area contributed by atoms with Gasteiger partial charge in [0.1, 0.15) is 18.0 Å². The molecular weight excluding hydrogens is 232 g/mol. The molecule has 0 aliphatic carbocycles. The summed E-state index contributed by atoms with van der Waals surface area (Å²) in [5.74, 6) is 1.76. The molecule has 5 heteroatoms. The number of nitrogens with zero attached hydrogens (tertiary/aromatic N) is 2. The van der Waals surface area contributed by atoms with Crippen LogP contribution >= 0.6 is 11.3 Å². The van der Waals surface area contributed by atoms with Crippen molar-refractivity contribution in [3.63, 3.8) is 0 Å². The number of nitrogens with one attached hydrogen (secondary N) is 2. The van der Waals surface area contributed by atoms with Crippen LogP contribution in [0.1, 0.15) is 18.9 Å². The molecular formula is C12H16N4S. The topological polar surface area (TPSA) is 49.8 Å². The molecule has 0 unspecified atom stereocenters. The summed E-state index contributed by atoms with van der Waals surface area (Å²) >= 11 is 1.66. The third-order valence-electron chi connectivity index (χ3n) is 2.41. The molecule has 4 nitrogen and oxygen atoms in total. The normalized spacial score (nSPS) is 10.2. The zero-order chi connectivity index (χ0) is 12.1. The van der Waals surface area contributed by atoms with Gasteiger partial charge >= 0.3 is 0 Å². The van der Waals surface area contributed by atoms with Crippen LogP contribution in [0, 0.1) is 6.92 Å². The van der Waals surface area contributed by atoms with Crippen molar-refractivity contribution in [2.45, 2.75) is 20.3 Å². The van der Waals surface area contributed by atoms with Crippen molar-refractivity contribution in [2.75, 3.05) is 17.2 Å². The maximum absolute atomic E-state index is 4.26. The molecule has 2 aromatic heterocycles. The Morgan fingerprint density at radius 1 is 1.29 bits per heavy atom. The molecule has 0 bridgehead atoms. The molecule has 0 spiro atoms. The number of thiophene rings is 1. The van der Waals surface area contributed by atoms with Gasteiger partial charge in [-0.25, -0.2) is 9.97 Å². The summed E-state index contributed by atoms with van der Waals surface area (Å²) in [5, 5.41) is 10.7. The van der Waals surface area contributed by atoms with Gasteiger partial charge in [0.05, 0.1) is 5.69 Å². The summed E-state index contributed by atoms with van der Waals surface area (Å²) in [6.45, 7) is 5.08. The van der Waals surface area contributed by atoms with Gasteiger partial charge in [0, 0.05) is 17.5 Å². The van der Waals surface area contributed by atoms with E-state index in [1.165, 1.54) is 0 Å². The van der Waals surface area contributed by atoms with E-state index in [2.05, 4.69) is 32.9 Å². The molecule has 0 radical (unpaired) electrons. The van der Waals surface area contributed by atoms with E-state index in [0.29, 0.717) is 0 Å². The van der Waals surface area contributed by atoms with Crippen LogP contribution in [-0.4, -0.2) is 16.5 Å². The largest absolute Gasteiger partial charge is 0.370 e. The van der Waals surface area contributed by atoms with E-state index in [1.54, 1.807) is 17.7 Å². The van der Waals surface area contributed by atoms with Crippen LogP contribution in [0.15, 0.2) is 23.2 Å². The molecule has 0 aliphatic rings.